The Bertz CT molecular complexity index is 1080. The van der Waals surface area contributed by atoms with Crippen LogP contribution < -0.4 is 5.32 Å². The van der Waals surface area contributed by atoms with Gasteiger partial charge in [0.1, 0.15) is 11.8 Å². The van der Waals surface area contributed by atoms with E-state index in [0.29, 0.717) is 0 Å². The number of imidazole rings is 1. The van der Waals surface area contributed by atoms with Gasteiger partial charge >= 0.3 is 0 Å². The van der Waals surface area contributed by atoms with Gasteiger partial charge in [-0.2, -0.15) is 0 Å². The molecule has 4 aromatic rings. The first-order chi connectivity index (χ1) is 15.9. The Kier molecular flexibility index (Phi) is 6.40. The van der Waals surface area contributed by atoms with Gasteiger partial charge in [-0.1, -0.05) is 67.1 Å². The van der Waals surface area contributed by atoms with Gasteiger partial charge in [-0.15, -0.1) is 0 Å². The molecular weight excluding hydrogens is 396 g/mol. The summed E-state index contributed by atoms with van der Waals surface area (Å²) in [5.74, 6) is 1.02. The number of nitrogens with zero attached hydrogens (tertiary/aromatic N) is 5. The fourth-order valence-corrected chi connectivity index (χ4v) is 4.60. The molecule has 0 unspecified atom stereocenters. The molecule has 3 heterocycles. The van der Waals surface area contributed by atoms with Crippen LogP contribution in [-0.2, 0) is 6.54 Å². The van der Waals surface area contributed by atoms with E-state index in [0.717, 1.165) is 36.6 Å². The molecule has 0 atom stereocenters. The van der Waals surface area contributed by atoms with Gasteiger partial charge in [0.05, 0.1) is 6.33 Å². The van der Waals surface area contributed by atoms with Crippen molar-refractivity contribution in [1.29, 1.82) is 0 Å². The van der Waals surface area contributed by atoms with Crippen molar-refractivity contribution in [3.05, 3.63) is 84.4 Å². The second-order valence-corrected chi connectivity index (χ2v) is 8.49. The first-order valence-corrected chi connectivity index (χ1v) is 11.6. The van der Waals surface area contributed by atoms with Crippen LogP contribution in [0.5, 0.6) is 0 Å². The highest BCUT2D eigenvalue weighted by Gasteiger charge is 2.17. The highest BCUT2D eigenvalue weighted by molar-refractivity contribution is 5.82. The van der Waals surface area contributed by atoms with Crippen LogP contribution in [0.1, 0.15) is 36.3 Å². The number of nitrogens with one attached hydrogen (secondary N) is 1. The lowest BCUT2D eigenvalue weighted by atomic mass is 9.91. The first kappa shape index (κ1) is 20.6. The zero-order valence-electron chi connectivity index (χ0n) is 18.4. The SMILES string of the molecule is c1ccc(C(CNc2ncnc3c2ncn3CCN2CCCCC2)c2ccccc2)cc1. The standard InChI is InChI=1S/C26H30N6/c1-4-10-21(11-5-1)23(22-12-6-2-7-13-22)18-27-25-24-26(29-19-28-25)32(20-30-24)17-16-31-14-8-3-9-15-31/h1-2,4-7,10-13,19-20,23H,3,8-9,14-18H2,(H,27,28,29). The van der Waals surface area contributed by atoms with Crippen molar-refractivity contribution < 1.29 is 0 Å². The second kappa shape index (κ2) is 9.92. The number of piperidine rings is 1. The molecule has 0 saturated carbocycles. The Balaban J connectivity index is 1.33. The molecule has 0 radical (unpaired) electrons. The zero-order chi connectivity index (χ0) is 21.6. The summed E-state index contributed by atoms with van der Waals surface area (Å²) in [7, 11) is 0. The first-order valence-electron chi connectivity index (χ1n) is 11.6. The average Bonchev–Trinajstić information content (AvgIpc) is 3.29. The van der Waals surface area contributed by atoms with Crippen molar-refractivity contribution in [2.45, 2.75) is 31.7 Å². The van der Waals surface area contributed by atoms with E-state index < -0.39 is 0 Å². The highest BCUT2D eigenvalue weighted by Crippen LogP contribution is 2.26. The van der Waals surface area contributed by atoms with E-state index in [1.807, 2.05) is 6.33 Å². The predicted octanol–water partition coefficient (Wildman–Crippen LogP) is 4.56. The number of fused-ring (bicyclic) bond motifs is 1. The molecule has 6 heteroatoms. The van der Waals surface area contributed by atoms with Crippen LogP contribution >= 0.6 is 0 Å². The molecule has 1 aliphatic rings. The van der Waals surface area contributed by atoms with Gasteiger partial charge in [0.25, 0.3) is 0 Å². The summed E-state index contributed by atoms with van der Waals surface area (Å²) in [4.78, 5) is 16.3. The van der Waals surface area contributed by atoms with Crippen LogP contribution in [0, 0.1) is 0 Å². The van der Waals surface area contributed by atoms with Gasteiger partial charge in [0.15, 0.2) is 11.5 Å². The molecule has 2 aromatic heterocycles. The predicted molar refractivity (Wildman–Crippen MR) is 129 cm³/mol. The highest BCUT2D eigenvalue weighted by atomic mass is 15.2. The third-order valence-electron chi connectivity index (χ3n) is 6.38. The normalized spacial score (nSPS) is 14.8. The largest absolute Gasteiger partial charge is 0.367 e. The van der Waals surface area contributed by atoms with Crippen LogP contribution in [0.15, 0.2) is 73.3 Å². The molecule has 2 aromatic carbocycles. The molecule has 5 rings (SSSR count). The lowest BCUT2D eigenvalue weighted by Gasteiger charge is -2.26. The Hall–Kier alpha value is -3.25. The average molecular weight is 427 g/mol. The minimum Gasteiger partial charge on any atom is -0.367 e. The van der Waals surface area contributed by atoms with Gasteiger partial charge in [0.2, 0.25) is 0 Å². The number of aromatic nitrogens is 4. The summed E-state index contributed by atoms with van der Waals surface area (Å²) >= 11 is 0. The van der Waals surface area contributed by atoms with Gasteiger partial charge in [-0.05, 0) is 37.1 Å². The third-order valence-corrected chi connectivity index (χ3v) is 6.38. The summed E-state index contributed by atoms with van der Waals surface area (Å²) in [6.45, 7) is 5.09. The number of anilines is 1. The van der Waals surface area contributed by atoms with Crippen LogP contribution in [0.25, 0.3) is 11.2 Å². The van der Waals surface area contributed by atoms with E-state index in [9.17, 15) is 0 Å². The van der Waals surface area contributed by atoms with Crippen LogP contribution in [0.2, 0.25) is 0 Å². The van der Waals surface area contributed by atoms with Gasteiger partial charge < -0.3 is 14.8 Å². The Morgan fingerprint density at radius 3 is 2.16 bits per heavy atom. The number of likely N-dealkylation sites (tertiary alicyclic amines) is 1. The van der Waals surface area contributed by atoms with E-state index in [2.05, 4.69) is 90.4 Å². The minimum absolute atomic E-state index is 0.226. The molecule has 0 aliphatic carbocycles. The summed E-state index contributed by atoms with van der Waals surface area (Å²) in [5.41, 5.74) is 4.30. The molecule has 1 N–H and O–H groups in total. The van der Waals surface area contributed by atoms with Crippen molar-refractivity contribution in [2.75, 3.05) is 31.5 Å². The summed E-state index contributed by atoms with van der Waals surface area (Å²) in [6.07, 6.45) is 7.53. The number of rotatable bonds is 8. The van der Waals surface area contributed by atoms with Crippen molar-refractivity contribution >= 4 is 17.0 Å². The van der Waals surface area contributed by atoms with Crippen LogP contribution in [0.4, 0.5) is 5.82 Å². The van der Waals surface area contributed by atoms with E-state index in [1.165, 1.54) is 43.5 Å². The molecule has 0 amide bonds. The van der Waals surface area contributed by atoms with Gasteiger partial charge in [-0.25, -0.2) is 15.0 Å². The maximum atomic E-state index is 4.66. The lowest BCUT2D eigenvalue weighted by Crippen LogP contribution is -2.32. The van der Waals surface area contributed by atoms with E-state index in [4.69, 9.17) is 0 Å². The molecule has 1 saturated heterocycles. The third kappa shape index (κ3) is 4.65. The van der Waals surface area contributed by atoms with Gasteiger partial charge in [0, 0.05) is 25.6 Å². The van der Waals surface area contributed by atoms with Gasteiger partial charge in [-0.3, -0.25) is 0 Å². The Labute approximate surface area is 189 Å². The van der Waals surface area contributed by atoms with Crippen molar-refractivity contribution in [1.82, 2.24) is 24.4 Å². The minimum atomic E-state index is 0.226. The maximum absolute atomic E-state index is 4.66. The van der Waals surface area contributed by atoms with E-state index in [-0.39, 0.29) is 5.92 Å². The zero-order valence-corrected chi connectivity index (χ0v) is 18.4. The topological polar surface area (TPSA) is 58.9 Å². The summed E-state index contributed by atoms with van der Waals surface area (Å²) in [6, 6.07) is 21.2. The molecule has 6 nitrogen and oxygen atoms in total. The van der Waals surface area contributed by atoms with E-state index in [1.54, 1.807) is 6.33 Å². The Morgan fingerprint density at radius 1 is 0.781 bits per heavy atom. The Morgan fingerprint density at radius 2 is 1.47 bits per heavy atom. The van der Waals surface area contributed by atoms with Crippen molar-refractivity contribution in [3.8, 4) is 0 Å². The molecule has 32 heavy (non-hydrogen) atoms. The van der Waals surface area contributed by atoms with Crippen LogP contribution in [-0.4, -0.2) is 50.6 Å². The van der Waals surface area contributed by atoms with Crippen molar-refractivity contribution in [2.24, 2.45) is 0 Å². The monoisotopic (exact) mass is 426 g/mol. The fraction of sp³-hybridized carbons (Fsp3) is 0.346. The quantitative estimate of drug-likeness (QED) is 0.448. The maximum Gasteiger partial charge on any atom is 0.165 e. The lowest BCUT2D eigenvalue weighted by molar-refractivity contribution is 0.221. The fourth-order valence-electron chi connectivity index (χ4n) is 4.60. The smallest absolute Gasteiger partial charge is 0.165 e. The number of benzene rings is 2. The molecule has 1 aliphatic heterocycles. The molecule has 0 bridgehead atoms. The van der Waals surface area contributed by atoms with E-state index >= 15 is 0 Å². The molecular formula is C26H30N6. The van der Waals surface area contributed by atoms with Crippen molar-refractivity contribution in [3.63, 3.8) is 0 Å². The molecule has 1 fully saturated rings. The molecule has 164 valence electrons. The summed E-state index contributed by atoms with van der Waals surface area (Å²) < 4.78 is 2.16. The van der Waals surface area contributed by atoms with Crippen LogP contribution in [0.3, 0.4) is 0 Å². The number of hydrogen-bond acceptors (Lipinski definition) is 5. The second-order valence-electron chi connectivity index (χ2n) is 8.49. The number of hydrogen-bond donors (Lipinski definition) is 1. The summed E-state index contributed by atoms with van der Waals surface area (Å²) in [5, 5.41) is 3.57. The molecule has 0 spiro atoms.